The number of thiazole rings is 1. The third-order valence-electron chi connectivity index (χ3n) is 4.22. The van der Waals surface area contributed by atoms with Crippen molar-refractivity contribution in [3.63, 3.8) is 0 Å². The second kappa shape index (κ2) is 5.77. The number of para-hydroxylation sites is 1. The molecule has 4 rings (SSSR count). The van der Waals surface area contributed by atoms with Gasteiger partial charge in [0, 0.05) is 25.1 Å². The Labute approximate surface area is 137 Å². The molecule has 118 valence electrons. The highest BCUT2D eigenvalue weighted by Crippen LogP contribution is 2.33. The molecule has 0 saturated carbocycles. The van der Waals surface area contributed by atoms with Gasteiger partial charge in [-0.15, -0.1) is 11.3 Å². The summed E-state index contributed by atoms with van der Waals surface area (Å²) >= 11 is 1.73. The van der Waals surface area contributed by atoms with E-state index in [1.807, 2.05) is 23.1 Å². The number of nitrogens with zero attached hydrogens (tertiary/aromatic N) is 3. The molecule has 0 aliphatic carbocycles. The van der Waals surface area contributed by atoms with Gasteiger partial charge in [-0.05, 0) is 31.9 Å². The van der Waals surface area contributed by atoms with Crippen LogP contribution in [0.4, 0.5) is 0 Å². The summed E-state index contributed by atoms with van der Waals surface area (Å²) in [5.41, 5.74) is 1.44. The second-order valence-electron chi connectivity index (χ2n) is 5.93. The summed E-state index contributed by atoms with van der Waals surface area (Å²) in [6, 6.07) is 9.88. The molecule has 5 nitrogen and oxygen atoms in total. The summed E-state index contributed by atoms with van der Waals surface area (Å²) in [4.78, 5) is 19.2. The molecule has 0 bridgehead atoms. The molecule has 3 aromatic rings. The summed E-state index contributed by atoms with van der Waals surface area (Å²) in [5.74, 6) is 0.916. The van der Waals surface area contributed by atoms with Gasteiger partial charge in [0.15, 0.2) is 5.69 Å². The molecule has 6 heteroatoms. The SMILES string of the molecule is Cc1cc(C(=O)N2CCC[C@@H](c3nc4ccccc4s3)C2)no1. The van der Waals surface area contributed by atoms with E-state index >= 15 is 0 Å². The number of benzene rings is 1. The molecular weight excluding hydrogens is 310 g/mol. The minimum Gasteiger partial charge on any atom is -0.361 e. The number of aromatic nitrogens is 2. The first-order valence-electron chi connectivity index (χ1n) is 7.79. The standard InChI is InChI=1S/C17H17N3O2S/c1-11-9-14(19-22-11)17(21)20-8-4-5-12(10-20)16-18-13-6-2-3-7-15(13)23-16/h2-3,6-7,9,12H,4-5,8,10H2,1H3/t12-/m1/s1. The Hall–Kier alpha value is -2.21. The van der Waals surface area contributed by atoms with Gasteiger partial charge < -0.3 is 9.42 Å². The number of hydrogen-bond donors (Lipinski definition) is 0. The van der Waals surface area contributed by atoms with E-state index in [0.29, 0.717) is 23.9 Å². The number of rotatable bonds is 2. The van der Waals surface area contributed by atoms with E-state index < -0.39 is 0 Å². The first-order chi connectivity index (χ1) is 11.2. The van der Waals surface area contributed by atoms with Crippen LogP contribution >= 0.6 is 11.3 Å². The molecule has 1 aromatic carbocycles. The van der Waals surface area contributed by atoms with E-state index in [9.17, 15) is 4.79 Å². The number of amides is 1. The van der Waals surface area contributed by atoms with Crippen molar-refractivity contribution in [2.75, 3.05) is 13.1 Å². The average Bonchev–Trinajstić information content (AvgIpc) is 3.20. The summed E-state index contributed by atoms with van der Waals surface area (Å²) in [7, 11) is 0. The summed E-state index contributed by atoms with van der Waals surface area (Å²) in [5, 5.41) is 4.97. The lowest BCUT2D eigenvalue weighted by Gasteiger charge is -2.31. The van der Waals surface area contributed by atoms with Crippen LogP contribution in [0.3, 0.4) is 0 Å². The van der Waals surface area contributed by atoms with E-state index in [1.54, 1.807) is 24.3 Å². The predicted molar refractivity (Wildman–Crippen MR) is 88.7 cm³/mol. The second-order valence-corrected chi connectivity index (χ2v) is 7.00. The first-order valence-corrected chi connectivity index (χ1v) is 8.60. The summed E-state index contributed by atoms with van der Waals surface area (Å²) < 4.78 is 6.23. The Morgan fingerprint density at radius 3 is 3.04 bits per heavy atom. The van der Waals surface area contributed by atoms with Crippen molar-refractivity contribution in [1.82, 2.24) is 15.0 Å². The van der Waals surface area contributed by atoms with Gasteiger partial charge in [-0.2, -0.15) is 0 Å². The van der Waals surface area contributed by atoms with Crippen molar-refractivity contribution >= 4 is 27.5 Å². The van der Waals surface area contributed by atoms with Crippen LogP contribution in [0, 0.1) is 6.92 Å². The monoisotopic (exact) mass is 327 g/mol. The molecule has 1 aliphatic heterocycles. The molecule has 1 atom stereocenters. The molecule has 1 amide bonds. The number of carbonyl (C=O) groups excluding carboxylic acids is 1. The highest BCUT2D eigenvalue weighted by Gasteiger charge is 2.28. The normalized spacial score (nSPS) is 18.5. The number of aryl methyl sites for hydroxylation is 1. The van der Waals surface area contributed by atoms with Crippen molar-refractivity contribution in [1.29, 1.82) is 0 Å². The van der Waals surface area contributed by atoms with Gasteiger partial charge in [0.25, 0.3) is 5.91 Å². The Kier molecular flexibility index (Phi) is 3.61. The molecule has 2 aromatic heterocycles. The van der Waals surface area contributed by atoms with E-state index in [2.05, 4.69) is 11.2 Å². The van der Waals surface area contributed by atoms with Gasteiger partial charge in [-0.25, -0.2) is 4.98 Å². The zero-order chi connectivity index (χ0) is 15.8. The van der Waals surface area contributed by atoms with E-state index in [-0.39, 0.29) is 5.91 Å². The van der Waals surface area contributed by atoms with Crippen LogP contribution in [-0.2, 0) is 0 Å². The van der Waals surface area contributed by atoms with Crippen molar-refractivity contribution in [2.24, 2.45) is 0 Å². The fourth-order valence-electron chi connectivity index (χ4n) is 3.06. The van der Waals surface area contributed by atoms with Gasteiger partial charge in [0.2, 0.25) is 0 Å². The van der Waals surface area contributed by atoms with Crippen LogP contribution in [0.25, 0.3) is 10.2 Å². The van der Waals surface area contributed by atoms with Gasteiger partial charge in [-0.3, -0.25) is 4.79 Å². The topological polar surface area (TPSA) is 59.2 Å². The quantitative estimate of drug-likeness (QED) is 0.721. The molecule has 3 heterocycles. The molecular formula is C17H17N3O2S. The Morgan fingerprint density at radius 2 is 2.26 bits per heavy atom. The lowest BCUT2D eigenvalue weighted by Crippen LogP contribution is -2.39. The van der Waals surface area contributed by atoms with Crippen LogP contribution in [0.15, 0.2) is 34.9 Å². The largest absolute Gasteiger partial charge is 0.361 e. The highest BCUT2D eigenvalue weighted by molar-refractivity contribution is 7.18. The number of piperidine rings is 1. The highest BCUT2D eigenvalue weighted by atomic mass is 32.1. The molecule has 0 spiro atoms. The van der Waals surface area contributed by atoms with Crippen molar-refractivity contribution in [2.45, 2.75) is 25.7 Å². The van der Waals surface area contributed by atoms with E-state index in [4.69, 9.17) is 9.51 Å². The van der Waals surface area contributed by atoms with E-state index in [1.165, 1.54) is 4.70 Å². The Balaban J connectivity index is 1.55. The zero-order valence-electron chi connectivity index (χ0n) is 12.9. The average molecular weight is 327 g/mol. The molecule has 1 aliphatic rings. The number of fused-ring (bicyclic) bond motifs is 1. The molecule has 0 unspecified atom stereocenters. The maximum atomic E-state index is 12.5. The van der Waals surface area contributed by atoms with Gasteiger partial charge in [-0.1, -0.05) is 17.3 Å². The lowest BCUT2D eigenvalue weighted by molar-refractivity contribution is 0.0696. The van der Waals surface area contributed by atoms with Gasteiger partial charge in [0.1, 0.15) is 5.76 Å². The molecule has 1 saturated heterocycles. The van der Waals surface area contributed by atoms with Crippen molar-refractivity contribution in [3.8, 4) is 0 Å². The molecule has 0 N–H and O–H groups in total. The van der Waals surface area contributed by atoms with Crippen LogP contribution < -0.4 is 0 Å². The number of carbonyl (C=O) groups is 1. The number of likely N-dealkylation sites (tertiary alicyclic amines) is 1. The fraction of sp³-hybridized carbons (Fsp3) is 0.353. The van der Waals surface area contributed by atoms with Crippen LogP contribution in [0.1, 0.15) is 40.0 Å². The van der Waals surface area contributed by atoms with E-state index in [0.717, 1.165) is 29.9 Å². The molecule has 23 heavy (non-hydrogen) atoms. The smallest absolute Gasteiger partial charge is 0.276 e. The Bertz CT molecular complexity index is 821. The fourth-order valence-corrected chi connectivity index (χ4v) is 4.15. The number of hydrogen-bond acceptors (Lipinski definition) is 5. The minimum absolute atomic E-state index is 0.0485. The Morgan fingerprint density at radius 1 is 1.39 bits per heavy atom. The third kappa shape index (κ3) is 2.74. The predicted octanol–water partition coefficient (Wildman–Crippen LogP) is 3.61. The van der Waals surface area contributed by atoms with Crippen LogP contribution in [-0.4, -0.2) is 34.0 Å². The zero-order valence-corrected chi connectivity index (χ0v) is 13.7. The van der Waals surface area contributed by atoms with Crippen LogP contribution in [0.5, 0.6) is 0 Å². The van der Waals surface area contributed by atoms with Gasteiger partial charge in [0.05, 0.1) is 15.2 Å². The third-order valence-corrected chi connectivity index (χ3v) is 5.41. The first kappa shape index (κ1) is 14.4. The maximum absolute atomic E-state index is 12.5. The van der Waals surface area contributed by atoms with Crippen LogP contribution in [0.2, 0.25) is 0 Å². The minimum atomic E-state index is -0.0485. The van der Waals surface area contributed by atoms with Gasteiger partial charge >= 0.3 is 0 Å². The summed E-state index contributed by atoms with van der Waals surface area (Å²) in [6.45, 7) is 3.26. The van der Waals surface area contributed by atoms with Crippen molar-refractivity contribution in [3.05, 3.63) is 46.8 Å². The van der Waals surface area contributed by atoms with Crippen molar-refractivity contribution < 1.29 is 9.32 Å². The maximum Gasteiger partial charge on any atom is 0.276 e. The summed E-state index contributed by atoms with van der Waals surface area (Å²) in [6.07, 6.45) is 2.06. The molecule has 0 radical (unpaired) electrons. The lowest BCUT2D eigenvalue weighted by atomic mass is 9.98. The molecule has 1 fully saturated rings.